The van der Waals surface area contributed by atoms with E-state index in [4.69, 9.17) is 21.1 Å². The Kier molecular flexibility index (Phi) is 7.57. The van der Waals surface area contributed by atoms with Crippen LogP contribution in [0.25, 0.3) is 11.1 Å². The van der Waals surface area contributed by atoms with Crippen molar-refractivity contribution in [2.75, 3.05) is 19.7 Å². The largest absolute Gasteiger partial charge is 0.506 e. The fraction of sp³-hybridized carbons (Fsp3) is 0.417. The first-order valence-corrected chi connectivity index (χ1v) is 15.9. The minimum Gasteiger partial charge on any atom is -0.506 e. The lowest BCUT2D eigenvalue weighted by Crippen LogP contribution is -2.36. The van der Waals surface area contributed by atoms with Crippen molar-refractivity contribution in [1.29, 1.82) is 5.26 Å². The van der Waals surface area contributed by atoms with Gasteiger partial charge in [0.2, 0.25) is 0 Å². The molecule has 4 aliphatic rings. The van der Waals surface area contributed by atoms with Crippen molar-refractivity contribution >= 4 is 22.7 Å². The molecule has 0 radical (unpaired) electrons. The van der Waals surface area contributed by atoms with Gasteiger partial charge >= 0.3 is 0 Å². The van der Waals surface area contributed by atoms with Gasteiger partial charge in [0, 0.05) is 35.8 Å². The van der Waals surface area contributed by atoms with E-state index in [1.807, 2.05) is 24.3 Å². The van der Waals surface area contributed by atoms with Gasteiger partial charge in [-0.25, -0.2) is 4.39 Å². The molecule has 3 fully saturated rings. The highest BCUT2D eigenvalue weighted by molar-refractivity contribution is 6.34. The van der Waals surface area contributed by atoms with Gasteiger partial charge in [0.05, 0.1) is 16.7 Å². The number of benzene rings is 3. The normalized spacial score (nSPS) is 24.1. The molecular weight excluding hydrogens is 563 g/mol. The lowest BCUT2D eigenvalue weighted by Gasteiger charge is -2.39. The van der Waals surface area contributed by atoms with Crippen LogP contribution in [0.1, 0.15) is 73.8 Å². The number of nitriles is 1. The van der Waals surface area contributed by atoms with Gasteiger partial charge in [-0.1, -0.05) is 36.6 Å². The van der Waals surface area contributed by atoms with Crippen LogP contribution in [-0.2, 0) is 0 Å². The van der Waals surface area contributed by atoms with E-state index < -0.39 is 11.9 Å². The molecule has 0 amide bonds. The third kappa shape index (κ3) is 5.17. The summed E-state index contributed by atoms with van der Waals surface area (Å²) in [5.41, 5.74) is 3.68. The molecule has 2 heterocycles. The van der Waals surface area contributed by atoms with E-state index in [9.17, 15) is 10.4 Å². The van der Waals surface area contributed by atoms with Crippen LogP contribution in [0.4, 0.5) is 4.39 Å². The highest BCUT2D eigenvalue weighted by Gasteiger charge is 2.40. The van der Waals surface area contributed by atoms with E-state index >= 15 is 4.39 Å². The van der Waals surface area contributed by atoms with Gasteiger partial charge in [-0.2, -0.15) is 5.26 Å². The maximum absolute atomic E-state index is 15.6. The van der Waals surface area contributed by atoms with Crippen LogP contribution in [0, 0.1) is 34.9 Å². The lowest BCUT2D eigenvalue weighted by molar-refractivity contribution is 0.163. The van der Waals surface area contributed by atoms with E-state index in [2.05, 4.69) is 17.9 Å². The number of nitrogens with zero attached hydrogens (tertiary/aromatic N) is 2. The van der Waals surface area contributed by atoms with Crippen LogP contribution in [-0.4, -0.2) is 35.7 Å². The van der Waals surface area contributed by atoms with Gasteiger partial charge in [0.15, 0.2) is 0 Å². The number of phenols is 1. The number of allylic oxidation sites excluding steroid dienone is 1. The number of likely N-dealkylation sites (tertiary alicyclic amines) is 1. The summed E-state index contributed by atoms with van der Waals surface area (Å²) >= 11 is 6.70. The average Bonchev–Trinajstić information content (AvgIpc) is 3.61. The highest BCUT2D eigenvalue weighted by Crippen LogP contribution is 2.56. The first kappa shape index (κ1) is 28.3. The van der Waals surface area contributed by atoms with E-state index in [-0.39, 0.29) is 16.7 Å². The Hall–Kier alpha value is -3.53. The number of aromatic hydroxyl groups is 1. The van der Waals surface area contributed by atoms with Crippen LogP contribution in [0.15, 0.2) is 54.6 Å². The molecule has 0 spiro atoms. The minimum atomic E-state index is -0.635. The number of hydrogen-bond donors (Lipinski definition) is 1. The third-order valence-corrected chi connectivity index (χ3v) is 10.5. The zero-order valence-corrected chi connectivity index (χ0v) is 25.1. The van der Waals surface area contributed by atoms with Crippen molar-refractivity contribution < 1.29 is 19.0 Å². The molecule has 0 bridgehead atoms. The Balaban J connectivity index is 1.22. The van der Waals surface area contributed by atoms with Gasteiger partial charge in [-0.05, 0) is 104 Å². The monoisotopic (exact) mass is 598 g/mol. The van der Waals surface area contributed by atoms with Crippen molar-refractivity contribution in [3.05, 3.63) is 87.7 Å². The number of ether oxygens (including phenoxy) is 2. The lowest BCUT2D eigenvalue weighted by atomic mass is 9.71. The second-order valence-corrected chi connectivity index (χ2v) is 13.0. The first-order chi connectivity index (χ1) is 20.9. The van der Waals surface area contributed by atoms with Crippen LogP contribution in [0.5, 0.6) is 17.2 Å². The zero-order valence-electron chi connectivity index (χ0n) is 24.4. The molecule has 4 atom stereocenters. The second-order valence-electron chi connectivity index (χ2n) is 12.7. The summed E-state index contributed by atoms with van der Waals surface area (Å²) in [6.45, 7) is 5.22. The molecule has 2 aliphatic carbocycles. The zero-order chi connectivity index (χ0) is 29.7. The van der Waals surface area contributed by atoms with Crippen LogP contribution < -0.4 is 9.47 Å². The topological polar surface area (TPSA) is 65.7 Å². The van der Waals surface area contributed by atoms with Gasteiger partial charge in [0.1, 0.15) is 35.8 Å². The smallest absolute Gasteiger partial charge is 0.150 e. The number of hydrogen-bond acceptors (Lipinski definition) is 5. The summed E-state index contributed by atoms with van der Waals surface area (Å²) in [6, 6.07) is 18.0. The second kappa shape index (κ2) is 11.5. The molecule has 4 unspecified atom stereocenters. The average molecular weight is 599 g/mol. The molecule has 3 aromatic carbocycles. The Morgan fingerprint density at radius 2 is 1.74 bits per heavy atom. The van der Waals surface area contributed by atoms with Crippen molar-refractivity contribution in [1.82, 2.24) is 4.90 Å². The van der Waals surface area contributed by atoms with E-state index in [1.54, 1.807) is 12.1 Å². The van der Waals surface area contributed by atoms with Crippen LogP contribution >= 0.6 is 11.6 Å². The van der Waals surface area contributed by atoms with Crippen LogP contribution in [0.3, 0.4) is 0 Å². The molecule has 7 rings (SSSR count). The van der Waals surface area contributed by atoms with Gasteiger partial charge in [0.25, 0.3) is 0 Å². The Morgan fingerprint density at radius 3 is 2.42 bits per heavy atom. The predicted molar refractivity (Wildman–Crippen MR) is 166 cm³/mol. The van der Waals surface area contributed by atoms with Crippen molar-refractivity contribution in [3.63, 3.8) is 0 Å². The molecule has 2 saturated carbocycles. The SMILES string of the molecule is CC(COc1ccc(C2Oc3ccc(O)c(Cl)c3C(C3CCC3)=C2c2cc(C#N)ccc2F)cc1)N1CC2CCCC2C1. The molecule has 2 aliphatic heterocycles. The molecule has 7 heteroatoms. The molecule has 0 aromatic heterocycles. The molecule has 1 saturated heterocycles. The first-order valence-electron chi connectivity index (χ1n) is 15.5. The Morgan fingerprint density at radius 1 is 1.02 bits per heavy atom. The number of halogens is 2. The van der Waals surface area contributed by atoms with Gasteiger partial charge < -0.3 is 14.6 Å². The number of phenolic OH excluding ortho intramolecular Hbond substituents is 1. The summed E-state index contributed by atoms with van der Waals surface area (Å²) in [5.74, 6) is 2.70. The van der Waals surface area contributed by atoms with Crippen LogP contribution in [0.2, 0.25) is 5.02 Å². The Bertz CT molecular complexity index is 1600. The standard InChI is InChI=1S/C36H36ClFN2O3/c1-21(40-18-25-6-3-7-26(25)19-40)20-42-27-11-9-24(10-12-27)36-33(28-16-22(17-39)8-13-29(28)38)32(23-4-2-5-23)34-31(43-36)15-14-30(41)35(34)37/h8-16,21,23,25-26,36,41H,2-7,18-20H2,1H3. The summed E-state index contributed by atoms with van der Waals surface area (Å²) < 4.78 is 28.5. The molecule has 222 valence electrons. The third-order valence-electron chi connectivity index (χ3n) is 10.1. The van der Waals surface area contributed by atoms with E-state index in [0.717, 1.165) is 48.0 Å². The fourth-order valence-corrected chi connectivity index (χ4v) is 7.75. The summed E-state index contributed by atoms with van der Waals surface area (Å²) in [7, 11) is 0. The highest BCUT2D eigenvalue weighted by atomic mass is 35.5. The van der Waals surface area contributed by atoms with Crippen molar-refractivity contribution in [3.8, 4) is 23.3 Å². The van der Waals surface area contributed by atoms with E-state index in [0.29, 0.717) is 40.7 Å². The van der Waals surface area contributed by atoms with Gasteiger partial charge in [-0.15, -0.1) is 0 Å². The predicted octanol–water partition coefficient (Wildman–Crippen LogP) is 8.40. The quantitative estimate of drug-likeness (QED) is 0.296. The Labute approximate surface area is 257 Å². The molecule has 3 aromatic rings. The number of rotatable bonds is 7. The van der Waals surface area contributed by atoms with E-state index in [1.165, 1.54) is 50.6 Å². The molecule has 43 heavy (non-hydrogen) atoms. The molecule has 1 N–H and O–H groups in total. The maximum Gasteiger partial charge on any atom is 0.150 e. The van der Waals surface area contributed by atoms with Crippen molar-refractivity contribution in [2.24, 2.45) is 17.8 Å². The fourth-order valence-electron chi connectivity index (χ4n) is 7.49. The van der Waals surface area contributed by atoms with Crippen molar-refractivity contribution in [2.45, 2.75) is 57.6 Å². The minimum absolute atomic E-state index is 0.0437. The summed E-state index contributed by atoms with van der Waals surface area (Å²) in [4.78, 5) is 2.57. The number of fused-ring (bicyclic) bond motifs is 2. The molecule has 5 nitrogen and oxygen atoms in total. The maximum atomic E-state index is 15.6. The summed E-state index contributed by atoms with van der Waals surface area (Å²) in [6.07, 6.45) is 6.38. The summed E-state index contributed by atoms with van der Waals surface area (Å²) in [5, 5.41) is 20.4. The van der Waals surface area contributed by atoms with Gasteiger partial charge in [-0.3, -0.25) is 4.90 Å². The molecular formula is C36H36ClFN2O3.